The summed E-state index contributed by atoms with van der Waals surface area (Å²) >= 11 is 0. The summed E-state index contributed by atoms with van der Waals surface area (Å²) in [4.78, 5) is 21.0. The van der Waals surface area contributed by atoms with Crippen LogP contribution in [0.1, 0.15) is 5.56 Å². The maximum absolute atomic E-state index is 12.5. The number of rotatable bonds is 7. The summed E-state index contributed by atoms with van der Waals surface area (Å²) in [5.74, 6) is 2.45. The molecular formula is C23H32N6O3. The van der Waals surface area contributed by atoms with E-state index in [1.807, 2.05) is 48.2 Å². The molecule has 0 unspecified atom stereocenters. The van der Waals surface area contributed by atoms with Crippen LogP contribution in [0.5, 0.6) is 5.75 Å². The Balaban J connectivity index is 1.22. The lowest BCUT2D eigenvalue weighted by atomic mass is 10.2. The highest BCUT2D eigenvalue weighted by Crippen LogP contribution is 2.18. The van der Waals surface area contributed by atoms with Crippen molar-refractivity contribution in [3.63, 3.8) is 0 Å². The van der Waals surface area contributed by atoms with Crippen molar-refractivity contribution in [3.8, 4) is 5.75 Å². The van der Waals surface area contributed by atoms with E-state index in [1.165, 1.54) is 0 Å². The summed E-state index contributed by atoms with van der Waals surface area (Å²) in [6.07, 6.45) is 0. The summed E-state index contributed by atoms with van der Waals surface area (Å²) in [6, 6.07) is 11.8. The lowest BCUT2D eigenvalue weighted by Crippen LogP contribution is -2.50. The molecule has 0 radical (unpaired) electrons. The molecule has 4 rings (SSSR count). The molecule has 2 aliphatic heterocycles. The number of aromatic nitrogens is 2. The average Bonchev–Trinajstić information content (AvgIpc) is 2.84. The molecule has 32 heavy (non-hydrogen) atoms. The van der Waals surface area contributed by atoms with Crippen molar-refractivity contribution in [1.82, 2.24) is 20.0 Å². The molecule has 2 aliphatic rings. The van der Waals surface area contributed by atoms with E-state index in [0.717, 1.165) is 63.0 Å². The van der Waals surface area contributed by atoms with E-state index in [2.05, 4.69) is 24.9 Å². The summed E-state index contributed by atoms with van der Waals surface area (Å²) in [5.41, 5.74) is 1.16. The normalized spacial score (nSPS) is 17.5. The summed E-state index contributed by atoms with van der Waals surface area (Å²) in [6.45, 7) is 9.38. The predicted octanol–water partition coefficient (Wildman–Crippen LogP) is 0.627. The third-order valence-electron chi connectivity index (χ3n) is 6.09. The monoisotopic (exact) mass is 440 g/mol. The van der Waals surface area contributed by atoms with Crippen LogP contribution in [0.2, 0.25) is 0 Å². The van der Waals surface area contributed by atoms with Crippen LogP contribution in [-0.4, -0.2) is 103 Å². The molecule has 3 heterocycles. The van der Waals surface area contributed by atoms with Crippen molar-refractivity contribution < 1.29 is 14.6 Å². The minimum atomic E-state index is 0.00648. The lowest BCUT2D eigenvalue weighted by molar-refractivity contribution is -0.133. The number of nitrogens with zero attached hydrogens (tertiary/aromatic N) is 6. The van der Waals surface area contributed by atoms with Gasteiger partial charge in [-0.05, 0) is 31.2 Å². The molecule has 0 saturated carbocycles. The largest absolute Gasteiger partial charge is 0.484 e. The van der Waals surface area contributed by atoms with Crippen LogP contribution in [-0.2, 0) is 4.79 Å². The Bertz CT molecular complexity index is 860. The first-order chi connectivity index (χ1) is 15.6. The van der Waals surface area contributed by atoms with Crippen molar-refractivity contribution in [2.45, 2.75) is 6.92 Å². The van der Waals surface area contributed by atoms with Gasteiger partial charge in [-0.1, -0.05) is 17.7 Å². The van der Waals surface area contributed by atoms with Crippen molar-refractivity contribution >= 4 is 17.5 Å². The minimum Gasteiger partial charge on any atom is -0.484 e. The van der Waals surface area contributed by atoms with E-state index in [9.17, 15) is 4.79 Å². The van der Waals surface area contributed by atoms with Gasteiger partial charge in [0.2, 0.25) is 0 Å². The lowest BCUT2D eigenvalue weighted by Gasteiger charge is -2.36. The van der Waals surface area contributed by atoms with Gasteiger partial charge in [-0.3, -0.25) is 9.69 Å². The standard InChI is InChI=1S/C23H32N6O3/c1-19-2-4-20(5-3-19)32-18-23(31)29-14-12-28(13-15-29)22-7-6-21(24-25-22)27-10-8-26(9-11-27)16-17-30/h2-7,30H,8-18H2,1H3. The van der Waals surface area contributed by atoms with Crippen LogP contribution in [0, 0.1) is 6.92 Å². The van der Waals surface area contributed by atoms with Crippen molar-refractivity contribution in [2.75, 3.05) is 81.9 Å². The number of anilines is 2. The van der Waals surface area contributed by atoms with Gasteiger partial charge < -0.3 is 24.5 Å². The second-order valence-corrected chi connectivity index (χ2v) is 8.27. The first-order valence-electron chi connectivity index (χ1n) is 11.3. The molecule has 1 aromatic heterocycles. The average molecular weight is 441 g/mol. The fourth-order valence-corrected chi connectivity index (χ4v) is 4.05. The molecule has 172 valence electrons. The van der Waals surface area contributed by atoms with Gasteiger partial charge in [0, 0.05) is 58.9 Å². The molecule has 9 heteroatoms. The molecule has 1 aromatic carbocycles. The van der Waals surface area contributed by atoms with E-state index in [-0.39, 0.29) is 19.1 Å². The highest BCUT2D eigenvalue weighted by molar-refractivity contribution is 5.78. The second kappa shape index (κ2) is 10.6. The summed E-state index contributed by atoms with van der Waals surface area (Å²) in [7, 11) is 0. The van der Waals surface area contributed by atoms with Crippen LogP contribution in [0.15, 0.2) is 36.4 Å². The van der Waals surface area contributed by atoms with Gasteiger partial charge in [0.05, 0.1) is 6.61 Å². The number of benzene rings is 1. The molecule has 2 aromatic rings. The van der Waals surface area contributed by atoms with E-state index < -0.39 is 0 Å². The van der Waals surface area contributed by atoms with Crippen LogP contribution in [0.3, 0.4) is 0 Å². The number of ether oxygens (including phenoxy) is 1. The van der Waals surface area contributed by atoms with E-state index >= 15 is 0 Å². The molecule has 0 atom stereocenters. The van der Waals surface area contributed by atoms with E-state index in [0.29, 0.717) is 18.8 Å². The topological polar surface area (TPSA) is 85.3 Å². The minimum absolute atomic E-state index is 0.00648. The quantitative estimate of drug-likeness (QED) is 0.671. The number of aliphatic hydroxyl groups excluding tert-OH is 1. The number of hydrogen-bond donors (Lipinski definition) is 1. The number of hydrogen-bond acceptors (Lipinski definition) is 8. The molecule has 2 saturated heterocycles. The van der Waals surface area contributed by atoms with Crippen LogP contribution in [0.4, 0.5) is 11.6 Å². The van der Waals surface area contributed by atoms with E-state index in [4.69, 9.17) is 9.84 Å². The van der Waals surface area contributed by atoms with Gasteiger partial charge >= 0.3 is 0 Å². The zero-order valence-electron chi connectivity index (χ0n) is 18.7. The molecule has 1 N–H and O–H groups in total. The third kappa shape index (κ3) is 5.66. The maximum atomic E-state index is 12.5. The second-order valence-electron chi connectivity index (χ2n) is 8.27. The molecule has 1 amide bonds. The van der Waals surface area contributed by atoms with Gasteiger partial charge in [-0.15, -0.1) is 10.2 Å². The number of β-amino-alcohol motifs (C(OH)–C–C–N with tert-alkyl or cyclic N) is 1. The van der Waals surface area contributed by atoms with Crippen LogP contribution in [0.25, 0.3) is 0 Å². The number of piperazine rings is 2. The smallest absolute Gasteiger partial charge is 0.260 e. The number of amides is 1. The van der Waals surface area contributed by atoms with Crippen molar-refractivity contribution in [3.05, 3.63) is 42.0 Å². The highest BCUT2D eigenvalue weighted by atomic mass is 16.5. The fourth-order valence-electron chi connectivity index (χ4n) is 4.05. The zero-order chi connectivity index (χ0) is 22.3. The Morgan fingerprint density at radius 2 is 1.44 bits per heavy atom. The number of carbonyl (C=O) groups excluding carboxylic acids is 1. The zero-order valence-corrected chi connectivity index (χ0v) is 18.7. The van der Waals surface area contributed by atoms with Gasteiger partial charge in [0.25, 0.3) is 5.91 Å². The maximum Gasteiger partial charge on any atom is 0.260 e. The molecule has 0 aliphatic carbocycles. The van der Waals surface area contributed by atoms with Gasteiger partial charge in [0.15, 0.2) is 18.2 Å². The molecule has 0 spiro atoms. The summed E-state index contributed by atoms with van der Waals surface area (Å²) in [5, 5.41) is 18.0. The molecular weight excluding hydrogens is 408 g/mol. The Morgan fingerprint density at radius 1 is 0.875 bits per heavy atom. The van der Waals surface area contributed by atoms with Crippen molar-refractivity contribution in [1.29, 1.82) is 0 Å². The molecule has 0 bridgehead atoms. The Hall–Kier alpha value is -2.91. The van der Waals surface area contributed by atoms with Crippen LogP contribution < -0.4 is 14.5 Å². The molecule has 2 fully saturated rings. The van der Waals surface area contributed by atoms with Gasteiger partial charge in [0.1, 0.15) is 5.75 Å². The third-order valence-corrected chi connectivity index (χ3v) is 6.09. The van der Waals surface area contributed by atoms with E-state index in [1.54, 1.807) is 0 Å². The van der Waals surface area contributed by atoms with Gasteiger partial charge in [-0.2, -0.15) is 0 Å². The Labute approximate surface area is 189 Å². The first-order valence-corrected chi connectivity index (χ1v) is 11.3. The van der Waals surface area contributed by atoms with Crippen molar-refractivity contribution in [2.24, 2.45) is 0 Å². The van der Waals surface area contributed by atoms with Crippen LogP contribution >= 0.6 is 0 Å². The fraction of sp³-hybridized carbons (Fsp3) is 0.522. The molecule has 9 nitrogen and oxygen atoms in total. The number of carbonyl (C=O) groups is 1. The summed E-state index contributed by atoms with van der Waals surface area (Å²) < 4.78 is 5.63. The SMILES string of the molecule is Cc1ccc(OCC(=O)N2CCN(c3ccc(N4CCN(CCO)CC4)nn3)CC2)cc1. The first kappa shape index (κ1) is 22.3. The Kier molecular flexibility index (Phi) is 7.39. The highest BCUT2D eigenvalue weighted by Gasteiger charge is 2.23. The number of aliphatic hydroxyl groups is 1. The Morgan fingerprint density at radius 3 is 1.97 bits per heavy atom. The predicted molar refractivity (Wildman–Crippen MR) is 123 cm³/mol. The number of aryl methyl sites for hydroxylation is 1. The van der Waals surface area contributed by atoms with Gasteiger partial charge in [-0.25, -0.2) is 0 Å².